The summed E-state index contributed by atoms with van der Waals surface area (Å²) in [5.74, 6) is -0.497. The van der Waals surface area contributed by atoms with Gasteiger partial charge in [-0.05, 0) is 6.07 Å². The number of non-ortho nitro benzene ring substituents is 1. The van der Waals surface area contributed by atoms with Crippen molar-refractivity contribution in [1.29, 1.82) is 10.7 Å². The van der Waals surface area contributed by atoms with E-state index in [-0.39, 0.29) is 22.1 Å². The van der Waals surface area contributed by atoms with Crippen LogP contribution in [0, 0.1) is 26.9 Å². The SMILES string of the molecule is N#C/C(=N\Nc1ccc([N+](=O)[O-])cc1Cl)C(=N)N. The zero-order valence-electron chi connectivity index (χ0n) is 8.85. The van der Waals surface area contributed by atoms with E-state index in [1.807, 2.05) is 0 Å². The van der Waals surface area contributed by atoms with Crippen LogP contribution in [0.2, 0.25) is 5.02 Å². The highest BCUT2D eigenvalue weighted by Crippen LogP contribution is 2.26. The molecular formula is C9H7ClN6O2. The Kier molecular flexibility index (Phi) is 4.17. The van der Waals surface area contributed by atoms with Crippen LogP contribution in [-0.2, 0) is 0 Å². The van der Waals surface area contributed by atoms with Gasteiger partial charge in [-0.3, -0.25) is 20.9 Å². The summed E-state index contributed by atoms with van der Waals surface area (Å²) < 4.78 is 0. The Bertz CT molecular complexity index is 577. The smallest absolute Gasteiger partial charge is 0.271 e. The number of nitrogens with one attached hydrogen (secondary N) is 2. The Labute approximate surface area is 106 Å². The van der Waals surface area contributed by atoms with Gasteiger partial charge in [0.05, 0.1) is 15.6 Å². The number of halogens is 1. The minimum Gasteiger partial charge on any atom is -0.382 e. The number of rotatable bonds is 4. The molecule has 18 heavy (non-hydrogen) atoms. The zero-order valence-corrected chi connectivity index (χ0v) is 9.60. The van der Waals surface area contributed by atoms with Gasteiger partial charge in [0, 0.05) is 12.1 Å². The van der Waals surface area contributed by atoms with Crippen molar-refractivity contribution in [2.75, 3.05) is 5.43 Å². The fourth-order valence-electron chi connectivity index (χ4n) is 0.970. The number of nitro benzene ring substituents is 1. The number of benzene rings is 1. The van der Waals surface area contributed by atoms with E-state index in [0.29, 0.717) is 0 Å². The van der Waals surface area contributed by atoms with Crippen molar-refractivity contribution in [2.45, 2.75) is 0 Å². The molecule has 0 saturated carbocycles. The minimum atomic E-state index is -0.588. The standard InChI is InChI=1S/C9H7ClN6O2/c10-6-3-5(16(17)18)1-2-7(6)14-15-8(4-11)9(12)13/h1-3,14H,(H3,12,13)/b15-8+. The van der Waals surface area contributed by atoms with E-state index in [9.17, 15) is 10.1 Å². The molecule has 0 radical (unpaired) electrons. The Morgan fingerprint density at radius 3 is 2.78 bits per heavy atom. The van der Waals surface area contributed by atoms with Gasteiger partial charge >= 0.3 is 0 Å². The van der Waals surface area contributed by atoms with E-state index in [4.69, 9.17) is 28.0 Å². The molecule has 0 saturated heterocycles. The van der Waals surface area contributed by atoms with Crippen LogP contribution in [0.25, 0.3) is 0 Å². The average Bonchev–Trinajstić information content (AvgIpc) is 2.30. The van der Waals surface area contributed by atoms with Gasteiger partial charge in [-0.2, -0.15) is 10.4 Å². The Morgan fingerprint density at radius 1 is 1.67 bits per heavy atom. The Hall–Kier alpha value is -2.66. The van der Waals surface area contributed by atoms with E-state index in [0.717, 1.165) is 6.07 Å². The Balaban J connectivity index is 2.97. The minimum absolute atomic E-state index is 0.0637. The van der Waals surface area contributed by atoms with Crippen molar-refractivity contribution in [3.63, 3.8) is 0 Å². The highest BCUT2D eigenvalue weighted by molar-refractivity contribution is 6.45. The number of nitrogens with two attached hydrogens (primary N) is 1. The van der Waals surface area contributed by atoms with Gasteiger partial charge in [0.1, 0.15) is 6.07 Å². The lowest BCUT2D eigenvalue weighted by Crippen LogP contribution is -2.21. The predicted molar refractivity (Wildman–Crippen MR) is 66.7 cm³/mol. The molecular weight excluding hydrogens is 260 g/mol. The van der Waals surface area contributed by atoms with Crippen LogP contribution >= 0.6 is 11.6 Å². The zero-order chi connectivity index (χ0) is 13.7. The molecule has 0 amide bonds. The fraction of sp³-hybridized carbons (Fsp3) is 0. The maximum Gasteiger partial charge on any atom is 0.271 e. The molecule has 0 aliphatic rings. The first kappa shape index (κ1) is 13.4. The average molecular weight is 267 g/mol. The molecule has 0 fully saturated rings. The van der Waals surface area contributed by atoms with Gasteiger partial charge < -0.3 is 5.73 Å². The van der Waals surface area contributed by atoms with Crippen LogP contribution in [-0.4, -0.2) is 16.5 Å². The second kappa shape index (κ2) is 5.60. The van der Waals surface area contributed by atoms with Crippen molar-refractivity contribution in [3.05, 3.63) is 33.3 Å². The lowest BCUT2D eigenvalue weighted by molar-refractivity contribution is -0.384. The summed E-state index contributed by atoms with van der Waals surface area (Å²) in [7, 11) is 0. The summed E-state index contributed by atoms with van der Waals surface area (Å²) in [6.07, 6.45) is 0. The predicted octanol–water partition coefficient (Wildman–Crippen LogP) is 1.48. The second-order valence-electron chi connectivity index (χ2n) is 3.02. The Morgan fingerprint density at radius 2 is 2.33 bits per heavy atom. The third-order valence-corrected chi connectivity index (χ3v) is 2.13. The monoisotopic (exact) mass is 266 g/mol. The van der Waals surface area contributed by atoms with Gasteiger partial charge in [-0.1, -0.05) is 11.6 Å². The molecule has 0 spiro atoms. The quantitative estimate of drug-likeness (QED) is 0.327. The number of nitrogens with zero attached hydrogens (tertiary/aromatic N) is 3. The van der Waals surface area contributed by atoms with Crippen LogP contribution < -0.4 is 11.2 Å². The second-order valence-corrected chi connectivity index (χ2v) is 3.43. The first-order valence-electron chi connectivity index (χ1n) is 4.48. The van der Waals surface area contributed by atoms with Crippen LogP contribution in [0.4, 0.5) is 11.4 Å². The first-order valence-corrected chi connectivity index (χ1v) is 4.85. The van der Waals surface area contributed by atoms with E-state index in [1.165, 1.54) is 12.1 Å². The third-order valence-electron chi connectivity index (χ3n) is 1.81. The highest BCUT2D eigenvalue weighted by atomic mass is 35.5. The lowest BCUT2D eigenvalue weighted by Gasteiger charge is -2.03. The van der Waals surface area contributed by atoms with E-state index >= 15 is 0 Å². The molecule has 8 nitrogen and oxygen atoms in total. The summed E-state index contributed by atoms with van der Waals surface area (Å²) in [5.41, 5.74) is 7.26. The van der Waals surface area contributed by atoms with Crippen molar-refractivity contribution >= 4 is 34.5 Å². The molecule has 1 aromatic rings. The van der Waals surface area contributed by atoms with Crippen LogP contribution in [0.5, 0.6) is 0 Å². The molecule has 9 heteroatoms. The van der Waals surface area contributed by atoms with Crippen molar-refractivity contribution < 1.29 is 4.92 Å². The number of hydrogen-bond donors (Lipinski definition) is 3. The number of hydrogen-bond acceptors (Lipinski definition) is 6. The summed E-state index contributed by atoms with van der Waals surface area (Å²) in [6.45, 7) is 0. The van der Waals surface area contributed by atoms with Crippen molar-refractivity contribution in [2.24, 2.45) is 10.8 Å². The fourth-order valence-corrected chi connectivity index (χ4v) is 1.19. The third kappa shape index (κ3) is 3.16. The van der Waals surface area contributed by atoms with Crippen molar-refractivity contribution in [1.82, 2.24) is 0 Å². The molecule has 4 N–H and O–H groups in total. The molecule has 0 aliphatic heterocycles. The molecule has 0 unspecified atom stereocenters. The number of amidine groups is 1. The summed E-state index contributed by atoms with van der Waals surface area (Å²) in [5, 5.41) is 29.7. The largest absolute Gasteiger partial charge is 0.382 e. The van der Waals surface area contributed by atoms with Crippen LogP contribution in [0.1, 0.15) is 0 Å². The molecule has 0 aromatic heterocycles. The molecule has 0 aliphatic carbocycles. The normalized spacial score (nSPS) is 10.6. The molecule has 1 aromatic carbocycles. The summed E-state index contributed by atoms with van der Waals surface area (Å²) in [4.78, 5) is 9.89. The topological polar surface area (TPSA) is 141 Å². The summed E-state index contributed by atoms with van der Waals surface area (Å²) in [6, 6.07) is 5.30. The molecule has 0 heterocycles. The van der Waals surface area contributed by atoms with E-state index in [2.05, 4.69) is 10.5 Å². The first-order chi connectivity index (χ1) is 8.45. The highest BCUT2D eigenvalue weighted by Gasteiger charge is 2.09. The van der Waals surface area contributed by atoms with E-state index < -0.39 is 10.8 Å². The number of nitro groups is 1. The van der Waals surface area contributed by atoms with Gasteiger partial charge in [0.15, 0.2) is 5.84 Å². The van der Waals surface area contributed by atoms with Gasteiger partial charge in [-0.15, -0.1) is 0 Å². The van der Waals surface area contributed by atoms with Gasteiger partial charge in [0.2, 0.25) is 5.71 Å². The summed E-state index contributed by atoms with van der Waals surface area (Å²) >= 11 is 5.78. The van der Waals surface area contributed by atoms with Crippen LogP contribution in [0.3, 0.4) is 0 Å². The molecule has 0 atom stereocenters. The molecule has 0 bridgehead atoms. The van der Waals surface area contributed by atoms with Gasteiger partial charge in [0.25, 0.3) is 5.69 Å². The van der Waals surface area contributed by atoms with Gasteiger partial charge in [-0.25, -0.2) is 0 Å². The molecule has 92 valence electrons. The maximum absolute atomic E-state index is 10.5. The van der Waals surface area contributed by atoms with E-state index in [1.54, 1.807) is 6.07 Å². The van der Waals surface area contributed by atoms with Crippen molar-refractivity contribution in [3.8, 4) is 6.07 Å². The lowest BCUT2D eigenvalue weighted by atomic mass is 10.3. The number of anilines is 1. The number of hydrazone groups is 1. The molecule has 1 rings (SSSR count). The maximum atomic E-state index is 10.5. The number of nitriles is 1. The van der Waals surface area contributed by atoms with Crippen LogP contribution in [0.15, 0.2) is 23.3 Å².